The minimum absolute atomic E-state index is 0.775. The van der Waals surface area contributed by atoms with Gasteiger partial charge in [-0.1, -0.05) is 0 Å². The first-order valence-corrected chi connectivity index (χ1v) is 3.42. The summed E-state index contributed by atoms with van der Waals surface area (Å²) in [5.41, 5.74) is 0. The molecule has 0 amide bonds. The molecule has 0 aromatic carbocycles. The summed E-state index contributed by atoms with van der Waals surface area (Å²) in [7, 11) is 1.79. The molecule has 0 saturated heterocycles. The molecule has 1 nitrogen and oxygen atoms in total. The number of hydrogen-bond donors (Lipinski definition) is 0. The van der Waals surface area contributed by atoms with Crippen LogP contribution >= 0.6 is 11.6 Å². The molecule has 0 rings (SSSR count). The Hall–Kier alpha value is -0.0400. The van der Waals surface area contributed by atoms with Gasteiger partial charge in [0.15, 0.2) is 0 Å². The third-order valence-electron chi connectivity index (χ3n) is 0.899. The van der Waals surface area contributed by atoms with Crippen LogP contribution < -0.4 is 0 Å². The molecule has 0 spiro atoms. The second-order valence-corrected chi connectivity index (χ2v) is 2.00. The van der Waals surface area contributed by atoms with Gasteiger partial charge < -0.3 is 4.99 Å². The highest BCUT2D eigenvalue weighted by atomic mass is 35.5. The molecular formula is C6H12ClN. The Kier molecular flexibility index (Phi) is 6.93. The molecule has 0 fully saturated rings. The number of alkyl halides is 1. The van der Waals surface area contributed by atoms with Crippen LogP contribution in [0.2, 0.25) is 0 Å². The highest BCUT2D eigenvalue weighted by Crippen LogP contribution is 1.93. The number of hydrogen-bond acceptors (Lipinski definition) is 1. The van der Waals surface area contributed by atoms with E-state index in [9.17, 15) is 0 Å². The van der Waals surface area contributed by atoms with Crippen molar-refractivity contribution in [3.8, 4) is 0 Å². The van der Waals surface area contributed by atoms with Gasteiger partial charge in [-0.2, -0.15) is 0 Å². The van der Waals surface area contributed by atoms with E-state index >= 15 is 0 Å². The normalized spacial score (nSPS) is 10.8. The monoisotopic (exact) mass is 133 g/mol. The zero-order valence-electron chi connectivity index (χ0n) is 5.23. The summed E-state index contributed by atoms with van der Waals surface area (Å²) < 4.78 is 0. The van der Waals surface area contributed by atoms with E-state index in [1.807, 2.05) is 6.21 Å². The molecule has 0 atom stereocenters. The van der Waals surface area contributed by atoms with Crippen molar-refractivity contribution in [3.63, 3.8) is 0 Å². The summed E-state index contributed by atoms with van der Waals surface area (Å²) in [5.74, 6) is 0.775. The van der Waals surface area contributed by atoms with Crippen LogP contribution in [0, 0.1) is 0 Å². The second-order valence-electron chi connectivity index (χ2n) is 1.63. The molecule has 0 heterocycles. The summed E-state index contributed by atoms with van der Waals surface area (Å²) >= 11 is 5.44. The van der Waals surface area contributed by atoms with E-state index in [0.717, 1.165) is 18.7 Å². The highest BCUT2D eigenvalue weighted by Gasteiger charge is 1.80. The molecule has 8 heavy (non-hydrogen) atoms. The van der Waals surface area contributed by atoms with Gasteiger partial charge in [0.2, 0.25) is 0 Å². The molecule has 0 aliphatic carbocycles. The first-order valence-electron chi connectivity index (χ1n) is 2.88. The number of rotatable bonds is 4. The fourth-order valence-corrected chi connectivity index (χ4v) is 0.648. The molecule has 0 aromatic rings. The number of halogens is 1. The first-order chi connectivity index (χ1) is 3.91. The van der Waals surface area contributed by atoms with E-state index in [1.54, 1.807) is 7.05 Å². The van der Waals surface area contributed by atoms with Gasteiger partial charge in [-0.25, -0.2) is 0 Å². The van der Waals surface area contributed by atoms with Crippen molar-refractivity contribution in [2.45, 2.75) is 19.3 Å². The zero-order valence-corrected chi connectivity index (χ0v) is 5.99. The quantitative estimate of drug-likeness (QED) is 0.317. The summed E-state index contributed by atoms with van der Waals surface area (Å²) in [6.45, 7) is 0. The lowest BCUT2D eigenvalue weighted by molar-refractivity contribution is 0.847. The van der Waals surface area contributed by atoms with Crippen molar-refractivity contribution in [2.75, 3.05) is 12.9 Å². The maximum absolute atomic E-state index is 5.44. The molecule has 0 N–H and O–H groups in total. The SMILES string of the molecule is CN=CCCCCCl. The molecule has 0 bridgehead atoms. The summed E-state index contributed by atoms with van der Waals surface area (Å²) in [4.78, 5) is 3.84. The molecule has 0 saturated carbocycles. The average Bonchev–Trinajstić information content (AvgIpc) is 1.81. The lowest BCUT2D eigenvalue weighted by atomic mass is 10.3. The number of aliphatic imine (C=N–C) groups is 1. The summed E-state index contributed by atoms with van der Waals surface area (Å²) in [5, 5.41) is 0. The van der Waals surface area contributed by atoms with Crippen LogP contribution in [0.25, 0.3) is 0 Å². The largest absolute Gasteiger partial charge is 0.301 e. The predicted molar refractivity (Wildman–Crippen MR) is 39.0 cm³/mol. The van der Waals surface area contributed by atoms with Crippen molar-refractivity contribution in [2.24, 2.45) is 4.99 Å². The standard InChI is InChI=1S/C6H12ClN/c1-8-6-4-2-3-5-7/h6H,2-5H2,1H3. The third-order valence-corrected chi connectivity index (χ3v) is 1.17. The molecule has 0 aromatic heterocycles. The molecule has 0 aliphatic heterocycles. The van der Waals surface area contributed by atoms with Crippen LogP contribution in [0.1, 0.15) is 19.3 Å². The Labute approximate surface area is 55.8 Å². The van der Waals surface area contributed by atoms with Crippen LogP contribution in [-0.2, 0) is 0 Å². The van der Waals surface area contributed by atoms with Crippen molar-refractivity contribution in [1.29, 1.82) is 0 Å². The van der Waals surface area contributed by atoms with Crippen molar-refractivity contribution < 1.29 is 0 Å². The van der Waals surface area contributed by atoms with Gasteiger partial charge in [0.05, 0.1) is 0 Å². The zero-order chi connectivity index (χ0) is 6.24. The summed E-state index contributed by atoms with van der Waals surface area (Å²) in [6.07, 6.45) is 5.27. The highest BCUT2D eigenvalue weighted by molar-refractivity contribution is 6.17. The van der Waals surface area contributed by atoms with Crippen molar-refractivity contribution >= 4 is 17.8 Å². The van der Waals surface area contributed by atoms with Gasteiger partial charge in [0.1, 0.15) is 0 Å². The summed E-state index contributed by atoms with van der Waals surface area (Å²) in [6, 6.07) is 0. The molecule has 0 aliphatic rings. The molecule has 0 unspecified atom stereocenters. The van der Waals surface area contributed by atoms with E-state index in [4.69, 9.17) is 11.6 Å². The first kappa shape index (κ1) is 7.96. The van der Waals surface area contributed by atoms with Crippen molar-refractivity contribution in [3.05, 3.63) is 0 Å². The second kappa shape index (κ2) is 6.96. The van der Waals surface area contributed by atoms with Crippen LogP contribution in [0.15, 0.2) is 4.99 Å². The Balaban J connectivity index is 2.72. The maximum atomic E-state index is 5.44. The van der Waals surface area contributed by atoms with Gasteiger partial charge in [-0.3, -0.25) is 0 Å². The van der Waals surface area contributed by atoms with Gasteiger partial charge >= 0.3 is 0 Å². The Morgan fingerprint density at radius 1 is 1.50 bits per heavy atom. The van der Waals surface area contributed by atoms with E-state index in [2.05, 4.69) is 4.99 Å². The molecule has 48 valence electrons. The van der Waals surface area contributed by atoms with Crippen molar-refractivity contribution in [1.82, 2.24) is 0 Å². The van der Waals surface area contributed by atoms with Crippen LogP contribution in [-0.4, -0.2) is 19.1 Å². The molecule has 2 heteroatoms. The van der Waals surface area contributed by atoms with Gasteiger partial charge in [-0.15, -0.1) is 11.6 Å². The lowest BCUT2D eigenvalue weighted by Gasteiger charge is -1.87. The van der Waals surface area contributed by atoms with Gasteiger partial charge in [-0.05, 0) is 25.5 Å². The Morgan fingerprint density at radius 3 is 2.75 bits per heavy atom. The van der Waals surface area contributed by atoms with Crippen LogP contribution in [0.4, 0.5) is 0 Å². The topological polar surface area (TPSA) is 12.4 Å². The Morgan fingerprint density at radius 2 is 2.25 bits per heavy atom. The van der Waals surface area contributed by atoms with Crippen LogP contribution in [0.3, 0.4) is 0 Å². The predicted octanol–water partition coefficient (Wildman–Crippen LogP) is 2.10. The number of nitrogens with zero attached hydrogens (tertiary/aromatic N) is 1. The average molecular weight is 134 g/mol. The van der Waals surface area contributed by atoms with Gasteiger partial charge in [0, 0.05) is 12.9 Å². The van der Waals surface area contributed by atoms with E-state index < -0.39 is 0 Å². The fraction of sp³-hybridized carbons (Fsp3) is 0.833. The minimum Gasteiger partial charge on any atom is -0.301 e. The number of unbranched alkanes of at least 4 members (excludes halogenated alkanes) is 2. The lowest BCUT2D eigenvalue weighted by Crippen LogP contribution is -1.77. The smallest absolute Gasteiger partial charge is 0.0273 e. The fourth-order valence-electron chi connectivity index (χ4n) is 0.459. The van der Waals surface area contributed by atoms with E-state index in [1.165, 1.54) is 6.42 Å². The molecule has 0 radical (unpaired) electrons. The van der Waals surface area contributed by atoms with Gasteiger partial charge in [0.25, 0.3) is 0 Å². The van der Waals surface area contributed by atoms with Crippen LogP contribution in [0.5, 0.6) is 0 Å². The Bertz CT molecular complexity index is 61.5. The maximum Gasteiger partial charge on any atom is 0.0273 e. The third kappa shape index (κ3) is 5.96. The van der Waals surface area contributed by atoms with E-state index in [0.29, 0.717) is 0 Å². The minimum atomic E-state index is 0.775. The van der Waals surface area contributed by atoms with E-state index in [-0.39, 0.29) is 0 Å². The molecular weight excluding hydrogens is 122 g/mol.